The first kappa shape index (κ1) is 23.7. The van der Waals surface area contributed by atoms with Crippen molar-refractivity contribution < 1.29 is 9.59 Å². The Labute approximate surface area is 207 Å². The van der Waals surface area contributed by atoms with Gasteiger partial charge in [0.05, 0.1) is 17.0 Å². The van der Waals surface area contributed by atoms with E-state index in [1.165, 1.54) is 17.3 Å². The normalized spacial score (nSPS) is 15.4. The first-order valence-corrected chi connectivity index (χ1v) is 13.1. The van der Waals surface area contributed by atoms with Gasteiger partial charge in [0.25, 0.3) is 5.91 Å². The zero-order valence-electron chi connectivity index (χ0n) is 19.0. The van der Waals surface area contributed by atoms with Gasteiger partial charge in [-0.3, -0.25) is 14.5 Å². The maximum absolute atomic E-state index is 13.0. The quantitative estimate of drug-likeness (QED) is 0.333. The largest absolute Gasteiger partial charge is 0.350 e. The Balaban J connectivity index is 1.64. The van der Waals surface area contributed by atoms with Crippen LogP contribution in [0, 0.1) is 5.92 Å². The number of benzene rings is 1. The lowest BCUT2D eigenvalue weighted by atomic mass is 10.1. The van der Waals surface area contributed by atoms with Gasteiger partial charge in [-0.2, -0.15) is 0 Å². The average Bonchev–Trinajstić information content (AvgIpc) is 3.48. The van der Waals surface area contributed by atoms with Crippen LogP contribution in [-0.4, -0.2) is 32.1 Å². The van der Waals surface area contributed by atoms with Crippen molar-refractivity contribution in [2.45, 2.75) is 40.3 Å². The summed E-state index contributed by atoms with van der Waals surface area (Å²) in [6, 6.07) is 10.2. The number of para-hydroxylation sites is 1. The molecule has 4 rings (SSSR count). The second kappa shape index (κ2) is 10.2. The molecule has 172 valence electrons. The molecule has 1 saturated heterocycles. The van der Waals surface area contributed by atoms with Crippen LogP contribution in [0.3, 0.4) is 0 Å². The number of fused-ring (bicyclic) bond motifs is 1. The highest BCUT2D eigenvalue weighted by atomic mass is 32.2. The molecule has 2 amide bonds. The van der Waals surface area contributed by atoms with E-state index in [2.05, 4.69) is 38.2 Å². The molecule has 3 heterocycles. The van der Waals surface area contributed by atoms with Gasteiger partial charge in [0.2, 0.25) is 5.91 Å². The van der Waals surface area contributed by atoms with Crippen molar-refractivity contribution in [3.8, 4) is 0 Å². The standard InChI is InChI=1S/C25H27N3O2S3/c1-4-17-7-5-9-20-18(11-21-24(30)28(13-16(2)3)25(31)33-21)14-27(23(17)20)15-22(29)26-12-19-8-6-10-32-19/h5-11,14,16H,4,12-13,15H2,1-3H3,(H,26,29)/b21-11-. The third kappa shape index (κ3) is 5.23. The molecule has 33 heavy (non-hydrogen) atoms. The van der Waals surface area contributed by atoms with Crippen molar-refractivity contribution in [2.75, 3.05) is 6.54 Å². The van der Waals surface area contributed by atoms with E-state index in [1.54, 1.807) is 16.2 Å². The number of nitrogens with one attached hydrogen (secondary N) is 1. The third-order valence-corrected chi connectivity index (χ3v) is 7.71. The number of thiophene rings is 1. The molecule has 0 bridgehead atoms. The van der Waals surface area contributed by atoms with Gasteiger partial charge in [-0.1, -0.05) is 69.0 Å². The van der Waals surface area contributed by atoms with Gasteiger partial charge in [-0.15, -0.1) is 11.3 Å². The maximum atomic E-state index is 13.0. The summed E-state index contributed by atoms with van der Waals surface area (Å²) >= 11 is 8.44. The number of rotatable bonds is 8. The topological polar surface area (TPSA) is 54.3 Å². The fraction of sp³-hybridized carbons (Fsp3) is 0.320. The zero-order valence-corrected chi connectivity index (χ0v) is 21.4. The van der Waals surface area contributed by atoms with Crippen LogP contribution in [-0.2, 0) is 29.1 Å². The lowest BCUT2D eigenvalue weighted by Gasteiger charge is -2.16. The maximum Gasteiger partial charge on any atom is 0.266 e. The smallest absolute Gasteiger partial charge is 0.266 e. The molecular formula is C25H27N3O2S3. The minimum absolute atomic E-state index is 0.0407. The molecule has 0 saturated carbocycles. The molecule has 1 aliphatic rings. The molecule has 0 spiro atoms. The van der Waals surface area contributed by atoms with E-state index in [-0.39, 0.29) is 18.4 Å². The number of thiocarbonyl (C=S) groups is 1. The van der Waals surface area contributed by atoms with Gasteiger partial charge >= 0.3 is 0 Å². The summed E-state index contributed by atoms with van der Waals surface area (Å²) in [5.74, 6) is 0.259. The summed E-state index contributed by atoms with van der Waals surface area (Å²) in [5, 5.41) is 6.05. The summed E-state index contributed by atoms with van der Waals surface area (Å²) in [6.45, 7) is 7.63. The number of carbonyl (C=O) groups is 2. The van der Waals surface area contributed by atoms with Crippen LogP contribution in [0.15, 0.2) is 46.8 Å². The van der Waals surface area contributed by atoms with Crippen LogP contribution < -0.4 is 5.32 Å². The number of thioether (sulfide) groups is 1. The number of carbonyl (C=O) groups excluding carboxylic acids is 2. The molecule has 2 aromatic heterocycles. The lowest BCUT2D eigenvalue weighted by Crippen LogP contribution is -2.31. The predicted molar refractivity (Wildman–Crippen MR) is 142 cm³/mol. The Kier molecular flexibility index (Phi) is 7.36. The van der Waals surface area contributed by atoms with E-state index >= 15 is 0 Å². The monoisotopic (exact) mass is 497 g/mol. The van der Waals surface area contributed by atoms with E-state index in [0.29, 0.717) is 28.2 Å². The van der Waals surface area contributed by atoms with E-state index in [0.717, 1.165) is 27.8 Å². The fourth-order valence-corrected chi connectivity index (χ4v) is 5.87. The van der Waals surface area contributed by atoms with Crippen molar-refractivity contribution in [1.29, 1.82) is 0 Å². The fourth-order valence-electron chi connectivity index (χ4n) is 3.96. The molecule has 0 radical (unpaired) electrons. The van der Waals surface area contributed by atoms with Crippen LogP contribution >= 0.6 is 35.3 Å². The molecule has 5 nitrogen and oxygen atoms in total. The van der Waals surface area contributed by atoms with E-state index in [4.69, 9.17) is 12.2 Å². The predicted octanol–water partition coefficient (Wildman–Crippen LogP) is 5.44. The van der Waals surface area contributed by atoms with Crippen molar-refractivity contribution >= 4 is 68.4 Å². The van der Waals surface area contributed by atoms with Crippen LogP contribution in [0.4, 0.5) is 0 Å². The van der Waals surface area contributed by atoms with Gasteiger partial charge in [0.15, 0.2) is 0 Å². The minimum atomic E-state index is -0.0417. The number of amides is 2. The second-order valence-corrected chi connectivity index (χ2v) is 11.1. The SMILES string of the molecule is CCc1cccc2c(/C=C3\SC(=S)N(CC(C)C)C3=O)cn(CC(=O)NCc3cccs3)c12. The molecule has 1 N–H and O–H groups in total. The van der Waals surface area contributed by atoms with Crippen molar-refractivity contribution in [3.05, 3.63) is 62.8 Å². The Morgan fingerprint density at radius 3 is 2.76 bits per heavy atom. The molecule has 0 aliphatic carbocycles. The lowest BCUT2D eigenvalue weighted by molar-refractivity contribution is -0.123. The van der Waals surface area contributed by atoms with Gasteiger partial charge in [-0.05, 0) is 35.4 Å². The molecular weight excluding hydrogens is 470 g/mol. The van der Waals surface area contributed by atoms with Crippen molar-refractivity contribution in [2.24, 2.45) is 5.92 Å². The van der Waals surface area contributed by atoms with Crippen molar-refractivity contribution in [1.82, 2.24) is 14.8 Å². The summed E-state index contributed by atoms with van der Waals surface area (Å²) in [5.41, 5.74) is 3.14. The number of aryl methyl sites for hydroxylation is 1. The molecule has 1 aromatic carbocycles. The average molecular weight is 498 g/mol. The third-order valence-electron chi connectivity index (χ3n) is 5.46. The van der Waals surface area contributed by atoms with Gasteiger partial charge in [-0.25, -0.2) is 0 Å². The zero-order chi connectivity index (χ0) is 23.5. The summed E-state index contributed by atoms with van der Waals surface area (Å²) < 4.78 is 2.60. The van der Waals surface area contributed by atoms with E-state index in [9.17, 15) is 9.59 Å². The Hall–Kier alpha value is -2.42. The van der Waals surface area contributed by atoms with Crippen LogP contribution in [0.5, 0.6) is 0 Å². The summed E-state index contributed by atoms with van der Waals surface area (Å²) in [7, 11) is 0. The number of nitrogens with zero attached hydrogens (tertiary/aromatic N) is 2. The summed E-state index contributed by atoms with van der Waals surface area (Å²) in [4.78, 5) is 29.1. The summed E-state index contributed by atoms with van der Waals surface area (Å²) in [6.07, 6.45) is 4.75. The van der Waals surface area contributed by atoms with Gasteiger partial charge in [0, 0.05) is 28.6 Å². The van der Waals surface area contributed by atoms with E-state index < -0.39 is 0 Å². The van der Waals surface area contributed by atoms with Gasteiger partial charge in [0.1, 0.15) is 10.9 Å². The molecule has 1 fully saturated rings. The minimum Gasteiger partial charge on any atom is -0.350 e. The van der Waals surface area contributed by atoms with E-state index in [1.807, 2.05) is 40.4 Å². The molecule has 8 heteroatoms. The highest BCUT2D eigenvalue weighted by molar-refractivity contribution is 8.26. The Morgan fingerprint density at radius 1 is 1.24 bits per heavy atom. The van der Waals surface area contributed by atoms with Crippen molar-refractivity contribution in [3.63, 3.8) is 0 Å². The second-order valence-electron chi connectivity index (χ2n) is 8.42. The first-order valence-electron chi connectivity index (χ1n) is 11.0. The Bertz CT molecular complexity index is 1230. The van der Waals surface area contributed by atoms with Crippen LogP contribution in [0.2, 0.25) is 0 Å². The molecule has 0 atom stereocenters. The van der Waals surface area contributed by atoms with Crippen LogP contribution in [0.25, 0.3) is 17.0 Å². The van der Waals surface area contributed by atoms with Crippen LogP contribution in [0.1, 0.15) is 36.8 Å². The highest BCUT2D eigenvalue weighted by Crippen LogP contribution is 2.35. The molecule has 1 aliphatic heterocycles. The molecule has 3 aromatic rings. The molecule has 0 unspecified atom stereocenters. The number of aromatic nitrogens is 1. The highest BCUT2D eigenvalue weighted by Gasteiger charge is 2.32. The first-order chi connectivity index (χ1) is 15.9. The Morgan fingerprint density at radius 2 is 2.06 bits per heavy atom. The number of hydrogen-bond donors (Lipinski definition) is 1. The number of hydrogen-bond acceptors (Lipinski definition) is 5. The van der Waals surface area contributed by atoms with Gasteiger partial charge < -0.3 is 9.88 Å².